The Morgan fingerprint density at radius 1 is 0.846 bits per heavy atom. The predicted octanol–water partition coefficient (Wildman–Crippen LogP) is 2.72. The number of amides is 2. The molecule has 1 aromatic carbocycles. The van der Waals surface area contributed by atoms with Gasteiger partial charge in [-0.2, -0.15) is 0 Å². The average Bonchev–Trinajstić information content (AvgIpc) is 2.92. The lowest BCUT2D eigenvalue weighted by Crippen LogP contribution is -2.48. The third-order valence-corrected chi connectivity index (χ3v) is 5.55. The molecule has 5 nitrogen and oxygen atoms in total. The molecule has 0 unspecified atom stereocenters. The van der Waals surface area contributed by atoms with E-state index in [1.54, 1.807) is 0 Å². The van der Waals surface area contributed by atoms with Crippen molar-refractivity contribution >= 4 is 11.8 Å². The van der Waals surface area contributed by atoms with Crippen LogP contribution in [0.5, 0.6) is 0 Å². The molecule has 1 aliphatic heterocycles. The summed E-state index contributed by atoms with van der Waals surface area (Å²) in [5.74, 6) is 0.152. The lowest BCUT2D eigenvalue weighted by molar-refractivity contribution is -0.123. The van der Waals surface area contributed by atoms with E-state index in [2.05, 4.69) is 15.5 Å². The third kappa shape index (κ3) is 5.84. The van der Waals surface area contributed by atoms with E-state index in [9.17, 15) is 9.59 Å². The Hall–Kier alpha value is -1.88. The molecule has 2 amide bonds. The molecule has 0 atom stereocenters. The summed E-state index contributed by atoms with van der Waals surface area (Å²) in [6, 6.07) is 9.91. The highest BCUT2D eigenvalue weighted by atomic mass is 16.2. The molecule has 0 aromatic heterocycles. The van der Waals surface area contributed by atoms with Gasteiger partial charge in [-0.05, 0) is 37.8 Å². The summed E-state index contributed by atoms with van der Waals surface area (Å²) in [6.45, 7) is 2.20. The summed E-state index contributed by atoms with van der Waals surface area (Å²) in [5.41, 5.74) is 0.706. The van der Waals surface area contributed by atoms with Crippen molar-refractivity contribution in [2.75, 3.05) is 19.6 Å². The Morgan fingerprint density at radius 3 is 2.12 bits per heavy atom. The van der Waals surface area contributed by atoms with Gasteiger partial charge < -0.3 is 10.6 Å². The van der Waals surface area contributed by atoms with Crippen molar-refractivity contribution in [1.82, 2.24) is 15.5 Å². The lowest BCUT2D eigenvalue weighted by atomic mass is 10.0. The quantitative estimate of drug-likeness (QED) is 0.797. The fourth-order valence-corrected chi connectivity index (χ4v) is 3.99. The van der Waals surface area contributed by atoms with E-state index in [0.29, 0.717) is 18.2 Å². The average molecular weight is 357 g/mol. The molecule has 2 N–H and O–H groups in total. The lowest BCUT2D eigenvalue weighted by Gasteiger charge is -2.32. The molecule has 5 heteroatoms. The molecule has 2 fully saturated rings. The van der Waals surface area contributed by atoms with Gasteiger partial charge in [-0.3, -0.25) is 14.5 Å². The van der Waals surface area contributed by atoms with Crippen molar-refractivity contribution in [1.29, 1.82) is 0 Å². The standard InChI is InChI=1S/C21H31N3O2/c25-20(22-18-10-6-1-2-7-11-18)16-24-14-12-19(13-15-24)23-21(26)17-8-4-3-5-9-17/h3-5,8-9,18-19H,1-2,6-7,10-16H2,(H,22,25)(H,23,26). The molecule has 2 aliphatic rings. The summed E-state index contributed by atoms with van der Waals surface area (Å²) < 4.78 is 0. The van der Waals surface area contributed by atoms with Crippen LogP contribution in [0.4, 0.5) is 0 Å². The monoisotopic (exact) mass is 357 g/mol. The van der Waals surface area contributed by atoms with Crippen LogP contribution in [0, 0.1) is 0 Å². The molecule has 1 saturated carbocycles. The Labute approximate surface area is 156 Å². The summed E-state index contributed by atoms with van der Waals surface area (Å²) in [6.07, 6.45) is 9.11. The van der Waals surface area contributed by atoms with Crippen LogP contribution in [0.25, 0.3) is 0 Å². The van der Waals surface area contributed by atoms with E-state index in [1.165, 1.54) is 25.7 Å². The first-order valence-corrected chi connectivity index (χ1v) is 10.1. The van der Waals surface area contributed by atoms with Crippen LogP contribution in [0.2, 0.25) is 0 Å². The summed E-state index contributed by atoms with van der Waals surface area (Å²) in [4.78, 5) is 26.8. The maximum atomic E-state index is 12.3. The molecule has 142 valence electrons. The second kappa shape index (κ2) is 9.72. The van der Waals surface area contributed by atoms with Gasteiger partial charge in [0.1, 0.15) is 0 Å². The molecule has 3 rings (SSSR count). The number of rotatable bonds is 5. The summed E-state index contributed by atoms with van der Waals surface area (Å²) in [7, 11) is 0. The van der Waals surface area contributed by atoms with Crippen LogP contribution in [0.1, 0.15) is 61.7 Å². The van der Waals surface area contributed by atoms with Gasteiger partial charge in [0.05, 0.1) is 6.54 Å². The van der Waals surface area contributed by atoms with Gasteiger partial charge in [0, 0.05) is 30.7 Å². The van der Waals surface area contributed by atoms with Crippen LogP contribution in [-0.2, 0) is 4.79 Å². The number of nitrogens with zero attached hydrogens (tertiary/aromatic N) is 1. The van der Waals surface area contributed by atoms with Crippen LogP contribution < -0.4 is 10.6 Å². The van der Waals surface area contributed by atoms with Crippen molar-refractivity contribution in [3.05, 3.63) is 35.9 Å². The highest BCUT2D eigenvalue weighted by Crippen LogP contribution is 2.17. The first-order valence-electron chi connectivity index (χ1n) is 10.1. The van der Waals surface area contributed by atoms with Crippen LogP contribution in [0.15, 0.2) is 30.3 Å². The summed E-state index contributed by atoms with van der Waals surface area (Å²) >= 11 is 0. The molecule has 0 spiro atoms. The zero-order valence-electron chi connectivity index (χ0n) is 15.6. The number of nitrogens with one attached hydrogen (secondary N) is 2. The van der Waals surface area contributed by atoms with E-state index in [4.69, 9.17) is 0 Å². The molecule has 26 heavy (non-hydrogen) atoms. The number of carbonyl (C=O) groups excluding carboxylic acids is 2. The third-order valence-electron chi connectivity index (χ3n) is 5.55. The van der Waals surface area contributed by atoms with E-state index >= 15 is 0 Å². The summed E-state index contributed by atoms with van der Waals surface area (Å²) in [5, 5.41) is 6.34. The first kappa shape index (κ1) is 18.9. The highest BCUT2D eigenvalue weighted by Gasteiger charge is 2.23. The van der Waals surface area contributed by atoms with E-state index in [-0.39, 0.29) is 17.9 Å². The number of likely N-dealkylation sites (tertiary alicyclic amines) is 1. The molecule has 1 aliphatic carbocycles. The van der Waals surface area contributed by atoms with Crippen molar-refractivity contribution in [2.24, 2.45) is 0 Å². The Balaban J connectivity index is 1.36. The minimum absolute atomic E-state index is 0.00448. The van der Waals surface area contributed by atoms with Crippen molar-refractivity contribution in [2.45, 2.75) is 63.5 Å². The number of carbonyl (C=O) groups is 2. The Morgan fingerprint density at radius 2 is 1.46 bits per heavy atom. The minimum Gasteiger partial charge on any atom is -0.352 e. The van der Waals surface area contributed by atoms with Crippen LogP contribution in [0.3, 0.4) is 0 Å². The topological polar surface area (TPSA) is 61.4 Å². The number of benzene rings is 1. The van der Waals surface area contributed by atoms with Gasteiger partial charge >= 0.3 is 0 Å². The SMILES string of the molecule is O=C(CN1CCC(NC(=O)c2ccccc2)CC1)NC1CCCCCC1. The molecular formula is C21H31N3O2. The zero-order chi connectivity index (χ0) is 18.2. The molecule has 1 heterocycles. The van der Waals surface area contributed by atoms with E-state index < -0.39 is 0 Å². The Bertz CT molecular complexity index is 574. The fourth-order valence-electron chi connectivity index (χ4n) is 3.99. The second-order valence-corrected chi connectivity index (χ2v) is 7.65. The van der Waals surface area contributed by atoms with E-state index in [0.717, 1.165) is 38.8 Å². The fraction of sp³-hybridized carbons (Fsp3) is 0.619. The van der Waals surface area contributed by atoms with Gasteiger partial charge in [-0.25, -0.2) is 0 Å². The van der Waals surface area contributed by atoms with E-state index in [1.807, 2.05) is 30.3 Å². The number of hydrogen-bond donors (Lipinski definition) is 2. The van der Waals surface area contributed by atoms with Gasteiger partial charge in [0.2, 0.25) is 5.91 Å². The van der Waals surface area contributed by atoms with Crippen LogP contribution >= 0.6 is 0 Å². The maximum absolute atomic E-state index is 12.3. The molecular weight excluding hydrogens is 326 g/mol. The predicted molar refractivity (Wildman–Crippen MR) is 103 cm³/mol. The number of piperidine rings is 1. The molecule has 1 saturated heterocycles. The van der Waals surface area contributed by atoms with Gasteiger partial charge in [0.25, 0.3) is 5.91 Å². The first-order chi connectivity index (χ1) is 12.7. The zero-order valence-corrected chi connectivity index (χ0v) is 15.6. The molecule has 1 aromatic rings. The van der Waals surface area contributed by atoms with Crippen molar-refractivity contribution in [3.63, 3.8) is 0 Å². The van der Waals surface area contributed by atoms with Gasteiger partial charge in [0.15, 0.2) is 0 Å². The minimum atomic E-state index is -0.00448. The van der Waals surface area contributed by atoms with Crippen LogP contribution in [-0.4, -0.2) is 48.4 Å². The molecule has 0 bridgehead atoms. The molecule has 0 radical (unpaired) electrons. The van der Waals surface area contributed by atoms with Gasteiger partial charge in [-0.1, -0.05) is 43.9 Å². The van der Waals surface area contributed by atoms with Crippen molar-refractivity contribution in [3.8, 4) is 0 Å². The Kier molecular flexibility index (Phi) is 7.06. The highest BCUT2D eigenvalue weighted by molar-refractivity contribution is 5.94. The normalized spacial score (nSPS) is 20.3. The smallest absolute Gasteiger partial charge is 0.251 e. The second-order valence-electron chi connectivity index (χ2n) is 7.65. The number of hydrogen-bond acceptors (Lipinski definition) is 3. The van der Waals surface area contributed by atoms with Crippen molar-refractivity contribution < 1.29 is 9.59 Å². The van der Waals surface area contributed by atoms with Gasteiger partial charge in [-0.15, -0.1) is 0 Å². The largest absolute Gasteiger partial charge is 0.352 e. The maximum Gasteiger partial charge on any atom is 0.251 e.